The van der Waals surface area contributed by atoms with Crippen molar-refractivity contribution in [3.8, 4) is 5.88 Å². The van der Waals surface area contributed by atoms with Crippen LogP contribution in [0.25, 0.3) is 0 Å². The van der Waals surface area contributed by atoms with Crippen molar-refractivity contribution < 1.29 is 9.53 Å². The van der Waals surface area contributed by atoms with Gasteiger partial charge in [-0.25, -0.2) is 4.98 Å². The molecule has 0 aliphatic carbocycles. The molecule has 160 valence electrons. The first-order valence-electron chi connectivity index (χ1n) is 10.1. The molecule has 0 saturated carbocycles. The van der Waals surface area contributed by atoms with E-state index in [1.165, 1.54) is 6.20 Å². The van der Waals surface area contributed by atoms with Crippen LogP contribution in [0.5, 0.6) is 5.88 Å². The maximum Gasteiger partial charge on any atom is 0.255 e. The van der Waals surface area contributed by atoms with E-state index in [1.807, 2.05) is 43.0 Å². The van der Waals surface area contributed by atoms with E-state index in [0.29, 0.717) is 40.9 Å². The molecular formula is C23H24ClN5O2. The van der Waals surface area contributed by atoms with Gasteiger partial charge in [0.1, 0.15) is 6.10 Å². The van der Waals surface area contributed by atoms with Gasteiger partial charge in [0.25, 0.3) is 5.91 Å². The van der Waals surface area contributed by atoms with E-state index in [0.717, 1.165) is 5.56 Å². The summed E-state index contributed by atoms with van der Waals surface area (Å²) in [6, 6.07) is 13.1. The van der Waals surface area contributed by atoms with Gasteiger partial charge in [0.2, 0.25) is 5.88 Å². The molecule has 31 heavy (non-hydrogen) atoms. The minimum absolute atomic E-state index is 0.0581. The highest BCUT2D eigenvalue weighted by Gasteiger charge is 2.40. The fourth-order valence-electron chi connectivity index (χ4n) is 4.05. The lowest BCUT2D eigenvalue weighted by Gasteiger charge is -2.25. The average Bonchev–Trinajstić information content (AvgIpc) is 3.21. The number of anilines is 1. The second-order valence-electron chi connectivity index (χ2n) is 7.87. The van der Waals surface area contributed by atoms with Crippen molar-refractivity contribution >= 4 is 23.2 Å². The zero-order chi connectivity index (χ0) is 22.0. The number of ether oxygens (including phenoxy) is 1. The van der Waals surface area contributed by atoms with E-state index >= 15 is 0 Å². The minimum Gasteiger partial charge on any atom is -0.474 e. The molecule has 7 nitrogen and oxygen atoms in total. The third-order valence-electron chi connectivity index (χ3n) is 5.64. The van der Waals surface area contributed by atoms with Crippen molar-refractivity contribution in [3.05, 3.63) is 76.7 Å². The highest BCUT2D eigenvalue weighted by Crippen LogP contribution is 2.37. The fraction of sp³-hybridized carbons (Fsp3) is 0.304. The summed E-state index contributed by atoms with van der Waals surface area (Å²) in [6.45, 7) is 4.97. The molecule has 3 heterocycles. The number of benzene rings is 1. The maximum atomic E-state index is 13.2. The summed E-state index contributed by atoms with van der Waals surface area (Å²) in [7, 11) is 0. The van der Waals surface area contributed by atoms with E-state index in [9.17, 15) is 4.79 Å². The number of rotatable bonds is 5. The first-order chi connectivity index (χ1) is 14.9. The van der Waals surface area contributed by atoms with Crippen LogP contribution in [-0.2, 0) is 0 Å². The minimum atomic E-state index is -0.174. The van der Waals surface area contributed by atoms with Gasteiger partial charge in [-0.05, 0) is 43.7 Å². The highest BCUT2D eigenvalue weighted by molar-refractivity contribution is 6.30. The molecule has 2 aromatic heterocycles. The number of hydrogen-bond donors (Lipinski definition) is 1. The normalized spacial score (nSPS) is 19.3. The Labute approximate surface area is 186 Å². The molecule has 3 atom stereocenters. The van der Waals surface area contributed by atoms with Gasteiger partial charge in [0, 0.05) is 36.0 Å². The number of halogens is 1. The van der Waals surface area contributed by atoms with Crippen molar-refractivity contribution in [3.63, 3.8) is 0 Å². The molecule has 2 N–H and O–H groups in total. The summed E-state index contributed by atoms with van der Waals surface area (Å²) in [4.78, 5) is 19.3. The van der Waals surface area contributed by atoms with Crippen LogP contribution in [0.15, 0.2) is 54.9 Å². The van der Waals surface area contributed by atoms with E-state index in [1.54, 1.807) is 24.4 Å². The lowest BCUT2D eigenvalue weighted by molar-refractivity contribution is 0.0769. The number of aryl methyl sites for hydroxylation is 1. The standard InChI is InChI=1S/C23H24ClN5O2/c1-14-9-17(10-27-28-14)23(30)29-12-20(15(2)31-22-8-7-19(25)11-26-22)21(13-29)16-3-5-18(24)6-4-16/h3-11,15,20-21H,12-13,25H2,1-2H3/t15-,20+,21+/m0/s1. The van der Waals surface area contributed by atoms with Crippen molar-refractivity contribution in [2.75, 3.05) is 18.8 Å². The first-order valence-corrected chi connectivity index (χ1v) is 10.5. The lowest BCUT2D eigenvalue weighted by Crippen LogP contribution is -2.32. The summed E-state index contributed by atoms with van der Waals surface area (Å²) in [6.07, 6.45) is 2.91. The van der Waals surface area contributed by atoms with Crippen LogP contribution in [0.3, 0.4) is 0 Å². The molecule has 0 unspecified atom stereocenters. The van der Waals surface area contributed by atoms with E-state index < -0.39 is 0 Å². The van der Waals surface area contributed by atoms with Crippen LogP contribution < -0.4 is 10.5 Å². The monoisotopic (exact) mass is 437 g/mol. The Balaban J connectivity index is 1.59. The van der Waals surface area contributed by atoms with E-state index in [4.69, 9.17) is 22.1 Å². The van der Waals surface area contributed by atoms with Crippen molar-refractivity contribution in [2.24, 2.45) is 5.92 Å². The first kappa shape index (κ1) is 21.1. The molecule has 1 aromatic carbocycles. The summed E-state index contributed by atoms with van der Waals surface area (Å²) < 4.78 is 6.13. The number of pyridine rings is 1. The molecule has 0 spiro atoms. The van der Waals surface area contributed by atoms with Gasteiger partial charge in [0.15, 0.2) is 0 Å². The topological polar surface area (TPSA) is 94.2 Å². The predicted molar refractivity (Wildman–Crippen MR) is 119 cm³/mol. The van der Waals surface area contributed by atoms with Crippen molar-refractivity contribution in [1.29, 1.82) is 0 Å². The van der Waals surface area contributed by atoms with Gasteiger partial charge >= 0.3 is 0 Å². The molecule has 1 aliphatic rings. The molecule has 8 heteroatoms. The Kier molecular flexibility index (Phi) is 6.04. The van der Waals surface area contributed by atoms with Gasteiger partial charge in [-0.15, -0.1) is 0 Å². The van der Waals surface area contributed by atoms with Gasteiger partial charge in [-0.3, -0.25) is 4.79 Å². The number of nitrogens with two attached hydrogens (primary N) is 1. The molecular weight excluding hydrogens is 414 g/mol. The fourth-order valence-corrected chi connectivity index (χ4v) is 4.17. The smallest absolute Gasteiger partial charge is 0.255 e. The highest BCUT2D eigenvalue weighted by atomic mass is 35.5. The predicted octanol–water partition coefficient (Wildman–Crippen LogP) is 3.74. The SMILES string of the molecule is Cc1cc(C(=O)N2C[C@H]([C@H](C)Oc3ccc(N)cn3)[C@@H](c3ccc(Cl)cc3)C2)cnn1. The lowest BCUT2D eigenvalue weighted by atomic mass is 9.86. The summed E-state index contributed by atoms with van der Waals surface area (Å²) in [5, 5.41) is 8.55. The molecule has 1 amide bonds. The molecule has 1 saturated heterocycles. The van der Waals surface area contributed by atoms with Crippen LogP contribution in [-0.4, -0.2) is 45.2 Å². The second kappa shape index (κ2) is 8.89. The van der Waals surface area contributed by atoms with Gasteiger partial charge in [0.05, 0.1) is 29.3 Å². The number of carbonyl (C=O) groups excluding carboxylic acids is 1. The number of nitrogen functional groups attached to an aromatic ring is 1. The molecule has 0 radical (unpaired) electrons. The third-order valence-corrected chi connectivity index (χ3v) is 5.89. The second-order valence-corrected chi connectivity index (χ2v) is 8.31. The summed E-state index contributed by atoms with van der Waals surface area (Å²) >= 11 is 6.09. The quantitative estimate of drug-likeness (QED) is 0.653. The van der Waals surface area contributed by atoms with Crippen LogP contribution in [0, 0.1) is 12.8 Å². The van der Waals surface area contributed by atoms with Crippen LogP contribution in [0.4, 0.5) is 5.69 Å². The molecule has 4 rings (SSSR count). The Bertz CT molecular complexity index is 1060. The Morgan fingerprint density at radius 1 is 1.19 bits per heavy atom. The van der Waals surface area contributed by atoms with Gasteiger partial charge < -0.3 is 15.4 Å². The summed E-state index contributed by atoms with van der Waals surface area (Å²) in [5.74, 6) is 0.619. The third kappa shape index (κ3) is 4.77. The number of hydrogen-bond acceptors (Lipinski definition) is 6. The van der Waals surface area contributed by atoms with Gasteiger partial charge in [-0.1, -0.05) is 23.7 Å². The largest absolute Gasteiger partial charge is 0.474 e. The van der Waals surface area contributed by atoms with Crippen molar-refractivity contribution in [2.45, 2.75) is 25.9 Å². The molecule has 0 bridgehead atoms. The van der Waals surface area contributed by atoms with Crippen LogP contribution >= 0.6 is 11.6 Å². The Morgan fingerprint density at radius 3 is 2.65 bits per heavy atom. The van der Waals surface area contributed by atoms with Gasteiger partial charge in [-0.2, -0.15) is 10.2 Å². The molecule has 1 aliphatic heterocycles. The number of aromatic nitrogens is 3. The number of likely N-dealkylation sites (tertiary alicyclic amines) is 1. The van der Waals surface area contributed by atoms with Crippen LogP contribution in [0.2, 0.25) is 5.02 Å². The maximum absolute atomic E-state index is 13.2. The zero-order valence-corrected chi connectivity index (χ0v) is 18.2. The van der Waals surface area contributed by atoms with Crippen LogP contribution in [0.1, 0.15) is 34.5 Å². The Hall–Kier alpha value is -3.19. The number of carbonyl (C=O) groups is 1. The number of amides is 1. The molecule has 3 aromatic rings. The average molecular weight is 438 g/mol. The Morgan fingerprint density at radius 2 is 1.97 bits per heavy atom. The molecule has 1 fully saturated rings. The zero-order valence-electron chi connectivity index (χ0n) is 17.4. The van der Waals surface area contributed by atoms with E-state index in [-0.39, 0.29) is 23.8 Å². The summed E-state index contributed by atoms with van der Waals surface area (Å²) in [5.41, 5.74) is 8.67. The van der Waals surface area contributed by atoms with Crippen molar-refractivity contribution in [1.82, 2.24) is 20.1 Å². The number of nitrogens with zero attached hydrogens (tertiary/aromatic N) is 4. The van der Waals surface area contributed by atoms with E-state index in [2.05, 4.69) is 15.2 Å².